The molecule has 1 amide bonds. The maximum Gasteiger partial charge on any atom is 0.294 e. The molecule has 0 saturated heterocycles. The molecular formula is C18H16N8O3S. The Labute approximate surface area is 174 Å². The van der Waals surface area contributed by atoms with Crippen LogP contribution in [0.1, 0.15) is 20.2 Å². The molecule has 0 fully saturated rings. The summed E-state index contributed by atoms with van der Waals surface area (Å²) in [5, 5.41) is 19.3. The van der Waals surface area contributed by atoms with Gasteiger partial charge in [-0.2, -0.15) is 9.78 Å². The number of carbonyl (C=O) groups excluding carboxylic acids is 1. The highest BCUT2D eigenvalue weighted by Gasteiger charge is 2.25. The fourth-order valence-corrected chi connectivity index (χ4v) is 3.43. The second-order valence-corrected chi connectivity index (χ2v) is 7.37. The predicted octanol–water partition coefficient (Wildman–Crippen LogP) is 2.04. The number of amides is 1. The number of hydrogen-bond acceptors (Lipinski definition) is 10. The van der Waals surface area contributed by atoms with Crippen LogP contribution in [-0.4, -0.2) is 44.5 Å². The zero-order chi connectivity index (χ0) is 21.1. The number of hydrazone groups is 1. The quantitative estimate of drug-likeness (QED) is 0.353. The first-order valence-electron chi connectivity index (χ1n) is 8.65. The minimum atomic E-state index is -0.557. The van der Waals surface area contributed by atoms with E-state index in [2.05, 4.69) is 35.8 Å². The Morgan fingerprint density at radius 3 is 2.90 bits per heavy atom. The number of carbonyl (C=O) groups is 1. The normalized spacial score (nSPS) is 11.1. The van der Waals surface area contributed by atoms with E-state index in [0.717, 1.165) is 9.75 Å². The summed E-state index contributed by atoms with van der Waals surface area (Å²) in [7, 11) is 1.54. The van der Waals surface area contributed by atoms with E-state index >= 15 is 0 Å². The summed E-state index contributed by atoms with van der Waals surface area (Å²) < 4.78 is 11.2. The van der Waals surface area contributed by atoms with E-state index in [0.29, 0.717) is 17.0 Å². The molecule has 0 aliphatic heterocycles. The molecule has 0 saturated carbocycles. The third kappa shape index (κ3) is 3.75. The molecule has 4 rings (SSSR count). The molecule has 0 radical (unpaired) electrons. The van der Waals surface area contributed by atoms with Crippen LogP contribution in [0.4, 0.5) is 5.82 Å². The lowest BCUT2D eigenvalue weighted by atomic mass is 10.1. The number of nitrogen functional groups attached to an aromatic ring is 1. The minimum absolute atomic E-state index is 0.00194. The first kappa shape index (κ1) is 19.3. The van der Waals surface area contributed by atoms with Gasteiger partial charge in [-0.15, -0.1) is 16.4 Å². The first-order chi connectivity index (χ1) is 14.6. The second kappa shape index (κ2) is 8.13. The number of aryl methyl sites for hydroxylation is 1. The summed E-state index contributed by atoms with van der Waals surface area (Å²) in [6, 6.07) is 10.9. The van der Waals surface area contributed by atoms with E-state index in [9.17, 15) is 4.79 Å². The van der Waals surface area contributed by atoms with Gasteiger partial charge in [-0.25, -0.2) is 10.1 Å². The molecule has 0 unspecified atom stereocenters. The molecule has 30 heavy (non-hydrogen) atoms. The molecule has 0 atom stereocenters. The fraction of sp³-hybridized carbons (Fsp3) is 0.111. The molecule has 0 spiro atoms. The van der Waals surface area contributed by atoms with Crippen LogP contribution >= 0.6 is 11.3 Å². The molecule has 152 valence electrons. The topological polar surface area (TPSA) is 146 Å². The Kier molecular flexibility index (Phi) is 5.22. The monoisotopic (exact) mass is 424 g/mol. The molecule has 0 bridgehead atoms. The van der Waals surface area contributed by atoms with Crippen molar-refractivity contribution in [1.82, 2.24) is 30.7 Å². The van der Waals surface area contributed by atoms with Crippen LogP contribution in [0.25, 0.3) is 17.1 Å². The SMILES string of the molecule is COc1cccc(-c2c(C(=O)NN=Cc3ccc(C)s3)nnn2-c2nonc2N)c1. The van der Waals surface area contributed by atoms with Crippen LogP contribution < -0.4 is 15.9 Å². The van der Waals surface area contributed by atoms with E-state index < -0.39 is 5.91 Å². The van der Waals surface area contributed by atoms with Gasteiger partial charge in [0.25, 0.3) is 5.91 Å². The molecule has 4 aromatic rings. The Balaban J connectivity index is 1.72. The van der Waals surface area contributed by atoms with E-state index in [1.165, 1.54) is 4.68 Å². The van der Waals surface area contributed by atoms with E-state index in [1.807, 2.05) is 19.1 Å². The van der Waals surface area contributed by atoms with Gasteiger partial charge >= 0.3 is 0 Å². The van der Waals surface area contributed by atoms with Crippen LogP contribution in [0.3, 0.4) is 0 Å². The summed E-state index contributed by atoms with van der Waals surface area (Å²) in [5.74, 6) is 0.140. The van der Waals surface area contributed by atoms with Crippen molar-refractivity contribution >= 4 is 29.3 Å². The summed E-state index contributed by atoms with van der Waals surface area (Å²) in [6.45, 7) is 1.99. The maximum atomic E-state index is 12.8. The number of hydrogen-bond donors (Lipinski definition) is 2. The van der Waals surface area contributed by atoms with Crippen molar-refractivity contribution in [3.63, 3.8) is 0 Å². The largest absolute Gasteiger partial charge is 0.497 e. The molecule has 3 N–H and O–H groups in total. The smallest absolute Gasteiger partial charge is 0.294 e. The summed E-state index contributed by atoms with van der Waals surface area (Å²) in [4.78, 5) is 14.8. The molecule has 11 nitrogen and oxygen atoms in total. The average Bonchev–Trinajstić information content (AvgIpc) is 3.47. The van der Waals surface area contributed by atoms with Crippen LogP contribution in [0.5, 0.6) is 5.75 Å². The number of nitrogens with zero attached hydrogens (tertiary/aromatic N) is 6. The number of methoxy groups -OCH3 is 1. The molecule has 12 heteroatoms. The van der Waals surface area contributed by atoms with Gasteiger partial charge in [-0.3, -0.25) is 4.79 Å². The number of nitrogens with one attached hydrogen (secondary N) is 1. The molecule has 3 aromatic heterocycles. The Hall–Kier alpha value is -4.06. The Morgan fingerprint density at radius 2 is 2.20 bits per heavy atom. The highest BCUT2D eigenvalue weighted by Crippen LogP contribution is 2.28. The molecule has 0 aliphatic rings. The van der Waals surface area contributed by atoms with E-state index in [1.54, 1.807) is 48.9 Å². The van der Waals surface area contributed by atoms with Crippen molar-refractivity contribution in [2.75, 3.05) is 12.8 Å². The number of benzene rings is 1. The van der Waals surface area contributed by atoms with Crippen molar-refractivity contribution in [2.45, 2.75) is 6.92 Å². The average molecular weight is 424 g/mol. The Morgan fingerprint density at radius 1 is 1.33 bits per heavy atom. The van der Waals surface area contributed by atoms with Crippen LogP contribution in [0.2, 0.25) is 0 Å². The van der Waals surface area contributed by atoms with Gasteiger partial charge < -0.3 is 10.5 Å². The standard InChI is InChI=1S/C18H16N8O3S/c1-10-6-7-13(30-10)9-20-22-18(27)14-15(11-4-3-5-12(8-11)28-2)26(25-21-14)17-16(19)23-29-24-17/h3-9H,1-2H3,(H2,19,23)(H,22,27). The first-order valence-corrected chi connectivity index (χ1v) is 9.47. The number of ether oxygens (including phenoxy) is 1. The second-order valence-electron chi connectivity index (χ2n) is 6.05. The van der Waals surface area contributed by atoms with Gasteiger partial charge in [0.15, 0.2) is 5.69 Å². The third-order valence-electron chi connectivity index (χ3n) is 4.04. The van der Waals surface area contributed by atoms with Crippen molar-refractivity contribution in [1.29, 1.82) is 0 Å². The van der Waals surface area contributed by atoms with Crippen molar-refractivity contribution in [3.8, 4) is 22.8 Å². The highest BCUT2D eigenvalue weighted by atomic mass is 32.1. The summed E-state index contributed by atoms with van der Waals surface area (Å²) >= 11 is 1.56. The predicted molar refractivity (Wildman–Crippen MR) is 110 cm³/mol. The van der Waals surface area contributed by atoms with Crippen LogP contribution in [0, 0.1) is 6.92 Å². The van der Waals surface area contributed by atoms with Crippen LogP contribution in [-0.2, 0) is 0 Å². The van der Waals surface area contributed by atoms with Gasteiger partial charge in [-0.05, 0) is 41.5 Å². The van der Waals surface area contributed by atoms with E-state index in [-0.39, 0.29) is 17.3 Å². The van der Waals surface area contributed by atoms with Crippen molar-refractivity contribution < 1.29 is 14.2 Å². The summed E-state index contributed by atoms with van der Waals surface area (Å²) in [6.07, 6.45) is 1.56. The van der Waals surface area contributed by atoms with Gasteiger partial charge in [0.2, 0.25) is 11.6 Å². The number of rotatable bonds is 6. The van der Waals surface area contributed by atoms with Gasteiger partial charge in [0.05, 0.1) is 13.3 Å². The maximum absolute atomic E-state index is 12.8. The zero-order valence-electron chi connectivity index (χ0n) is 15.9. The van der Waals surface area contributed by atoms with Crippen molar-refractivity contribution in [3.05, 3.63) is 51.8 Å². The lowest BCUT2D eigenvalue weighted by Gasteiger charge is -2.07. The van der Waals surface area contributed by atoms with Gasteiger partial charge in [-0.1, -0.05) is 17.3 Å². The summed E-state index contributed by atoms with van der Waals surface area (Å²) in [5.41, 5.74) is 9.22. The third-order valence-corrected chi connectivity index (χ3v) is 4.98. The molecule has 3 heterocycles. The molecular weight excluding hydrogens is 408 g/mol. The zero-order valence-corrected chi connectivity index (χ0v) is 16.8. The van der Waals surface area contributed by atoms with E-state index in [4.69, 9.17) is 10.5 Å². The lowest BCUT2D eigenvalue weighted by molar-refractivity contribution is 0.0950. The number of thiophene rings is 1. The minimum Gasteiger partial charge on any atom is -0.497 e. The number of aromatic nitrogens is 5. The Bertz CT molecular complexity index is 1230. The van der Waals surface area contributed by atoms with Crippen molar-refractivity contribution in [2.24, 2.45) is 5.10 Å². The number of anilines is 1. The van der Waals surface area contributed by atoms with Gasteiger partial charge in [0.1, 0.15) is 11.4 Å². The van der Waals surface area contributed by atoms with Crippen LogP contribution in [0.15, 0.2) is 46.1 Å². The molecule has 0 aliphatic carbocycles. The lowest BCUT2D eigenvalue weighted by Crippen LogP contribution is -2.19. The number of nitrogens with two attached hydrogens (primary N) is 1. The fourth-order valence-electron chi connectivity index (χ4n) is 2.68. The molecule has 1 aromatic carbocycles. The van der Waals surface area contributed by atoms with Gasteiger partial charge in [0, 0.05) is 15.3 Å². The highest BCUT2D eigenvalue weighted by molar-refractivity contribution is 7.13.